The molecule has 1 amide bonds. The van der Waals surface area contributed by atoms with Crippen LogP contribution in [-0.4, -0.2) is 47.8 Å². The number of rotatable bonds is 4. The first kappa shape index (κ1) is 14.9. The molecule has 1 aromatic carbocycles. The molecule has 2 rings (SSSR count). The van der Waals surface area contributed by atoms with Crippen LogP contribution in [-0.2, 0) is 11.3 Å². The summed E-state index contributed by atoms with van der Waals surface area (Å²) in [6, 6.07) is 7.38. The van der Waals surface area contributed by atoms with Gasteiger partial charge in [0.05, 0.1) is 18.8 Å². The Labute approximate surface area is 118 Å². The van der Waals surface area contributed by atoms with Gasteiger partial charge in [-0.05, 0) is 18.6 Å². The Morgan fingerprint density at radius 3 is 2.95 bits per heavy atom. The third kappa shape index (κ3) is 3.55. The fourth-order valence-electron chi connectivity index (χ4n) is 2.57. The van der Waals surface area contributed by atoms with Crippen molar-refractivity contribution < 1.29 is 14.6 Å². The molecule has 0 radical (unpaired) electrons. The Bertz CT molecular complexity index is 467. The second-order valence-corrected chi connectivity index (χ2v) is 5.08. The Morgan fingerprint density at radius 2 is 2.25 bits per heavy atom. The number of hydrogen-bond donors (Lipinski definition) is 3. The number of ether oxygens (including phenoxy) is 1. The van der Waals surface area contributed by atoms with Gasteiger partial charge >= 0.3 is 0 Å². The van der Waals surface area contributed by atoms with Gasteiger partial charge in [0.15, 0.2) is 0 Å². The van der Waals surface area contributed by atoms with Crippen LogP contribution in [0.15, 0.2) is 24.3 Å². The minimum absolute atomic E-state index is 0.00573. The number of morpholine rings is 1. The van der Waals surface area contributed by atoms with Gasteiger partial charge in [-0.15, -0.1) is 0 Å². The molecule has 1 saturated heterocycles. The maximum Gasteiger partial charge on any atom is 0.265 e. The smallest absolute Gasteiger partial charge is 0.265 e. The van der Waals surface area contributed by atoms with Gasteiger partial charge in [-0.3, -0.25) is 15.1 Å². The van der Waals surface area contributed by atoms with Crippen LogP contribution in [0, 0.1) is 0 Å². The van der Waals surface area contributed by atoms with E-state index < -0.39 is 0 Å². The molecule has 1 heterocycles. The number of aliphatic hydroxyl groups is 1. The summed E-state index contributed by atoms with van der Waals surface area (Å²) in [6.07, 6.45) is -0.106. The van der Waals surface area contributed by atoms with Crippen molar-refractivity contribution in [3.63, 3.8) is 0 Å². The lowest BCUT2D eigenvalue weighted by molar-refractivity contribution is -0.0972. The molecule has 6 heteroatoms. The van der Waals surface area contributed by atoms with Crippen LogP contribution in [0.4, 0.5) is 0 Å². The molecule has 0 aliphatic carbocycles. The average molecular weight is 279 g/mol. The van der Waals surface area contributed by atoms with Crippen molar-refractivity contribution in [3.05, 3.63) is 35.4 Å². The Balaban J connectivity index is 2.11. The molecule has 1 fully saturated rings. The van der Waals surface area contributed by atoms with Crippen molar-refractivity contribution >= 4 is 5.91 Å². The summed E-state index contributed by atoms with van der Waals surface area (Å²) in [7, 11) is 0. The number of amides is 1. The van der Waals surface area contributed by atoms with Gasteiger partial charge in [-0.1, -0.05) is 18.2 Å². The van der Waals surface area contributed by atoms with Crippen LogP contribution < -0.4 is 11.3 Å². The molecule has 20 heavy (non-hydrogen) atoms. The van der Waals surface area contributed by atoms with Crippen LogP contribution in [0.3, 0.4) is 0 Å². The summed E-state index contributed by atoms with van der Waals surface area (Å²) in [5.74, 6) is 4.91. The van der Waals surface area contributed by atoms with E-state index in [4.69, 9.17) is 10.6 Å². The highest BCUT2D eigenvalue weighted by Crippen LogP contribution is 2.17. The normalized spacial score (nSPS) is 23.6. The Morgan fingerprint density at radius 1 is 1.50 bits per heavy atom. The number of benzene rings is 1. The molecule has 0 spiro atoms. The molecule has 1 aliphatic heterocycles. The van der Waals surface area contributed by atoms with Gasteiger partial charge in [0, 0.05) is 25.2 Å². The number of carbonyl (C=O) groups excluding carboxylic acids is 1. The molecular formula is C14H21N3O3. The first-order chi connectivity index (χ1) is 9.63. The van der Waals surface area contributed by atoms with Crippen molar-refractivity contribution in [2.75, 3.05) is 19.7 Å². The zero-order valence-electron chi connectivity index (χ0n) is 11.6. The number of nitrogens with one attached hydrogen (secondary N) is 1. The van der Waals surface area contributed by atoms with Crippen molar-refractivity contribution in [1.82, 2.24) is 10.3 Å². The highest BCUT2D eigenvalue weighted by atomic mass is 16.5. The molecule has 110 valence electrons. The van der Waals surface area contributed by atoms with Crippen molar-refractivity contribution in [2.24, 2.45) is 5.84 Å². The van der Waals surface area contributed by atoms with E-state index in [0.717, 1.165) is 12.1 Å². The van der Waals surface area contributed by atoms with E-state index in [2.05, 4.69) is 10.3 Å². The third-order valence-corrected chi connectivity index (χ3v) is 3.39. The average Bonchev–Trinajstić information content (AvgIpc) is 2.46. The van der Waals surface area contributed by atoms with Crippen LogP contribution in [0.25, 0.3) is 0 Å². The predicted octanol–water partition coefficient (Wildman–Crippen LogP) is -0.128. The van der Waals surface area contributed by atoms with Gasteiger partial charge in [-0.2, -0.15) is 0 Å². The molecule has 1 aliphatic rings. The number of hydrazine groups is 1. The second-order valence-electron chi connectivity index (χ2n) is 5.08. The van der Waals surface area contributed by atoms with Crippen molar-refractivity contribution in [2.45, 2.75) is 25.7 Å². The Hall–Kier alpha value is -1.47. The van der Waals surface area contributed by atoms with Crippen LogP contribution in [0.5, 0.6) is 0 Å². The maximum absolute atomic E-state index is 11.7. The number of hydrogen-bond acceptors (Lipinski definition) is 5. The monoisotopic (exact) mass is 279 g/mol. The quantitative estimate of drug-likeness (QED) is 0.406. The third-order valence-electron chi connectivity index (χ3n) is 3.39. The summed E-state index contributed by atoms with van der Waals surface area (Å²) >= 11 is 0. The molecule has 2 atom stereocenters. The van der Waals surface area contributed by atoms with E-state index in [1.807, 2.05) is 25.1 Å². The Kier molecular flexibility index (Phi) is 5.08. The van der Waals surface area contributed by atoms with Gasteiger partial charge in [0.1, 0.15) is 0 Å². The lowest BCUT2D eigenvalue weighted by Crippen LogP contribution is -2.47. The second kappa shape index (κ2) is 6.81. The van der Waals surface area contributed by atoms with E-state index in [9.17, 15) is 9.90 Å². The van der Waals surface area contributed by atoms with E-state index >= 15 is 0 Å². The molecule has 1 aromatic rings. The van der Waals surface area contributed by atoms with Crippen molar-refractivity contribution in [1.29, 1.82) is 0 Å². The molecule has 4 N–H and O–H groups in total. The van der Waals surface area contributed by atoms with Crippen LogP contribution >= 0.6 is 0 Å². The van der Waals surface area contributed by atoms with Crippen LogP contribution in [0.1, 0.15) is 22.8 Å². The van der Waals surface area contributed by atoms with E-state index in [1.165, 1.54) is 0 Å². The van der Waals surface area contributed by atoms with Gasteiger partial charge in [0.25, 0.3) is 5.91 Å². The molecule has 0 bridgehead atoms. The summed E-state index contributed by atoms with van der Waals surface area (Å²) in [4.78, 5) is 13.9. The fraction of sp³-hybridized carbons (Fsp3) is 0.500. The highest BCUT2D eigenvalue weighted by molar-refractivity contribution is 5.95. The largest absolute Gasteiger partial charge is 0.394 e. The minimum Gasteiger partial charge on any atom is -0.394 e. The van der Waals surface area contributed by atoms with Gasteiger partial charge < -0.3 is 9.84 Å². The standard InChI is InChI=1S/C14H21N3O3/c1-10-6-17(8-12(9-18)20-10)7-11-4-2-3-5-13(11)14(19)16-15/h2-5,10,12,18H,6-9,15H2,1H3,(H,16,19). The fourth-order valence-corrected chi connectivity index (χ4v) is 2.57. The number of carbonyl (C=O) groups is 1. The summed E-state index contributed by atoms with van der Waals surface area (Å²) in [5.41, 5.74) is 3.66. The minimum atomic E-state index is -0.291. The highest BCUT2D eigenvalue weighted by Gasteiger charge is 2.25. The van der Waals surface area contributed by atoms with Gasteiger partial charge in [0.2, 0.25) is 0 Å². The number of nitrogens with two attached hydrogens (primary N) is 1. The van der Waals surface area contributed by atoms with E-state index in [0.29, 0.717) is 18.7 Å². The van der Waals surface area contributed by atoms with Crippen molar-refractivity contribution in [3.8, 4) is 0 Å². The SMILES string of the molecule is CC1CN(Cc2ccccc2C(=O)NN)CC(CO)O1. The predicted molar refractivity (Wildman–Crippen MR) is 74.8 cm³/mol. The maximum atomic E-state index is 11.7. The van der Waals surface area contributed by atoms with Crippen LogP contribution in [0.2, 0.25) is 0 Å². The molecule has 0 aromatic heterocycles. The molecule has 6 nitrogen and oxygen atoms in total. The van der Waals surface area contributed by atoms with E-state index in [-0.39, 0.29) is 24.7 Å². The van der Waals surface area contributed by atoms with E-state index in [1.54, 1.807) is 6.07 Å². The summed E-state index contributed by atoms with van der Waals surface area (Å²) < 4.78 is 5.61. The lowest BCUT2D eigenvalue weighted by Gasteiger charge is -2.36. The first-order valence-electron chi connectivity index (χ1n) is 6.71. The summed E-state index contributed by atoms with van der Waals surface area (Å²) in [6.45, 7) is 4.04. The topological polar surface area (TPSA) is 87.8 Å². The zero-order valence-corrected chi connectivity index (χ0v) is 11.6. The number of nitrogen functional groups attached to an aromatic ring is 1. The molecule has 2 unspecified atom stereocenters. The molecular weight excluding hydrogens is 258 g/mol. The molecule has 0 saturated carbocycles. The number of nitrogens with zero attached hydrogens (tertiary/aromatic N) is 1. The van der Waals surface area contributed by atoms with Gasteiger partial charge in [-0.25, -0.2) is 5.84 Å². The first-order valence-corrected chi connectivity index (χ1v) is 6.71. The number of aliphatic hydroxyl groups excluding tert-OH is 1. The lowest BCUT2D eigenvalue weighted by atomic mass is 10.1. The zero-order chi connectivity index (χ0) is 14.5. The summed E-state index contributed by atoms with van der Waals surface area (Å²) in [5, 5.41) is 9.24.